The van der Waals surface area contributed by atoms with Gasteiger partial charge >= 0.3 is 0 Å². The zero-order valence-electron chi connectivity index (χ0n) is 18.3. The van der Waals surface area contributed by atoms with E-state index < -0.39 is 0 Å². The van der Waals surface area contributed by atoms with E-state index in [4.69, 9.17) is 0 Å². The van der Waals surface area contributed by atoms with Crippen LogP contribution in [0.5, 0.6) is 0 Å². The van der Waals surface area contributed by atoms with Crippen LogP contribution >= 0.6 is 11.8 Å². The van der Waals surface area contributed by atoms with E-state index >= 15 is 0 Å². The summed E-state index contributed by atoms with van der Waals surface area (Å²) < 4.78 is 2.05. The van der Waals surface area contributed by atoms with E-state index in [1.807, 2.05) is 24.3 Å². The van der Waals surface area contributed by atoms with Gasteiger partial charge in [-0.05, 0) is 41.8 Å². The van der Waals surface area contributed by atoms with E-state index in [0.717, 1.165) is 21.9 Å². The summed E-state index contributed by atoms with van der Waals surface area (Å²) in [6.45, 7) is 4.21. The number of hydrogen-bond acceptors (Lipinski definition) is 5. The van der Waals surface area contributed by atoms with Crippen molar-refractivity contribution in [2.45, 2.75) is 42.4 Å². The number of imide groups is 1. The third kappa shape index (κ3) is 3.10. The Balaban J connectivity index is 1.34. The number of nitrogens with zero attached hydrogens (tertiary/aromatic N) is 4. The average molecular weight is 455 g/mol. The summed E-state index contributed by atoms with van der Waals surface area (Å²) in [5.41, 5.74) is 4.05. The van der Waals surface area contributed by atoms with Crippen LogP contribution in [-0.2, 0) is 0 Å². The topological polar surface area (TPSA) is 67.6 Å². The Labute approximate surface area is 195 Å². The normalized spacial score (nSPS) is 19.5. The molecule has 33 heavy (non-hydrogen) atoms. The summed E-state index contributed by atoms with van der Waals surface area (Å²) in [5, 5.41) is 8.73. The number of rotatable bonds is 4. The van der Waals surface area contributed by atoms with Crippen LogP contribution in [0.25, 0.3) is 5.65 Å². The molecule has 1 aliphatic heterocycles. The Hall–Kier alpha value is -3.45. The second kappa shape index (κ2) is 7.56. The van der Waals surface area contributed by atoms with Gasteiger partial charge in [0.05, 0.1) is 17.2 Å². The molecule has 0 radical (unpaired) electrons. The number of carbonyl (C=O) groups is 2. The molecular weight excluding hydrogens is 432 g/mol. The fraction of sp³-hybridized carbons (Fsp3) is 0.231. The van der Waals surface area contributed by atoms with Crippen LogP contribution in [-0.4, -0.2) is 31.3 Å². The monoisotopic (exact) mass is 454 g/mol. The molecule has 0 bridgehead atoms. The van der Waals surface area contributed by atoms with Gasteiger partial charge in [-0.15, -0.1) is 22.0 Å². The Bertz CT molecular complexity index is 1390. The maximum absolute atomic E-state index is 13.2. The maximum Gasteiger partial charge on any atom is 0.262 e. The highest BCUT2D eigenvalue weighted by Gasteiger charge is 2.45. The van der Waals surface area contributed by atoms with Crippen molar-refractivity contribution >= 4 is 29.2 Å². The Morgan fingerprint density at radius 3 is 2.24 bits per heavy atom. The van der Waals surface area contributed by atoms with Gasteiger partial charge in [-0.2, -0.15) is 0 Å². The zero-order valence-corrected chi connectivity index (χ0v) is 19.1. The molecule has 1 aliphatic carbocycles. The smallest absolute Gasteiger partial charge is 0.262 e. The zero-order chi connectivity index (χ0) is 22.7. The first-order valence-corrected chi connectivity index (χ1v) is 12.0. The minimum atomic E-state index is -0.268. The SMILES string of the molecule is CC(C)c1nnc2ccc(SC3CC(N4C(=O)c5ccccc5C4=O)c4ccccc43)cn12. The molecule has 2 unspecified atom stereocenters. The molecule has 4 aromatic rings. The van der Waals surface area contributed by atoms with Crippen molar-refractivity contribution < 1.29 is 9.59 Å². The maximum atomic E-state index is 13.2. The first-order valence-electron chi connectivity index (χ1n) is 11.1. The molecule has 2 amide bonds. The molecule has 2 aromatic heterocycles. The third-order valence-electron chi connectivity index (χ3n) is 6.47. The van der Waals surface area contributed by atoms with Crippen molar-refractivity contribution in [2.24, 2.45) is 0 Å². The predicted octanol–water partition coefficient (Wildman–Crippen LogP) is 5.43. The summed E-state index contributed by atoms with van der Waals surface area (Å²) in [4.78, 5) is 28.9. The molecule has 0 spiro atoms. The minimum absolute atomic E-state index is 0.131. The van der Waals surface area contributed by atoms with E-state index in [-0.39, 0.29) is 29.0 Å². The summed E-state index contributed by atoms with van der Waals surface area (Å²) in [5.74, 6) is 0.802. The largest absolute Gasteiger partial charge is 0.285 e. The minimum Gasteiger partial charge on any atom is -0.285 e. The molecule has 0 fully saturated rings. The number of fused-ring (bicyclic) bond motifs is 3. The summed E-state index contributed by atoms with van der Waals surface area (Å²) >= 11 is 1.76. The van der Waals surface area contributed by atoms with Gasteiger partial charge in [-0.1, -0.05) is 50.2 Å². The van der Waals surface area contributed by atoms with E-state index in [2.05, 4.69) is 46.8 Å². The first-order chi connectivity index (χ1) is 16.0. The van der Waals surface area contributed by atoms with Gasteiger partial charge < -0.3 is 0 Å². The fourth-order valence-corrected chi connectivity index (χ4v) is 6.19. The number of amides is 2. The van der Waals surface area contributed by atoms with Crippen molar-refractivity contribution in [3.8, 4) is 0 Å². The number of aromatic nitrogens is 3. The number of thioether (sulfide) groups is 1. The molecule has 164 valence electrons. The molecule has 0 saturated heterocycles. The number of pyridine rings is 1. The van der Waals surface area contributed by atoms with Crippen LogP contribution in [0, 0.1) is 0 Å². The molecule has 0 N–H and O–H groups in total. The first kappa shape index (κ1) is 20.2. The van der Waals surface area contributed by atoms with Crippen molar-refractivity contribution in [1.29, 1.82) is 0 Å². The van der Waals surface area contributed by atoms with Gasteiger partial charge in [0.1, 0.15) is 5.82 Å². The van der Waals surface area contributed by atoms with Crippen LogP contribution in [0.15, 0.2) is 71.8 Å². The molecule has 2 aliphatic rings. The molecule has 6 nitrogen and oxygen atoms in total. The molecular formula is C26H22N4O2S. The van der Waals surface area contributed by atoms with E-state index in [9.17, 15) is 9.59 Å². The van der Waals surface area contributed by atoms with Crippen LogP contribution in [0.2, 0.25) is 0 Å². The quantitative estimate of drug-likeness (QED) is 0.385. The highest BCUT2D eigenvalue weighted by Crippen LogP contribution is 2.52. The number of benzene rings is 2. The van der Waals surface area contributed by atoms with Crippen LogP contribution < -0.4 is 0 Å². The molecule has 0 saturated carbocycles. The molecule has 2 atom stereocenters. The van der Waals surface area contributed by atoms with E-state index in [1.54, 1.807) is 36.0 Å². The highest BCUT2D eigenvalue weighted by atomic mass is 32.2. The van der Waals surface area contributed by atoms with E-state index in [0.29, 0.717) is 17.5 Å². The Morgan fingerprint density at radius 1 is 0.879 bits per heavy atom. The van der Waals surface area contributed by atoms with Gasteiger partial charge in [0, 0.05) is 22.3 Å². The van der Waals surface area contributed by atoms with Gasteiger partial charge in [0.15, 0.2) is 5.65 Å². The highest BCUT2D eigenvalue weighted by molar-refractivity contribution is 7.99. The summed E-state index contributed by atoms with van der Waals surface area (Å²) in [7, 11) is 0. The van der Waals surface area contributed by atoms with Crippen molar-refractivity contribution in [1.82, 2.24) is 19.5 Å². The Kier molecular flexibility index (Phi) is 4.62. The molecule has 6 rings (SSSR count). The van der Waals surface area contributed by atoms with Gasteiger partial charge in [-0.25, -0.2) is 0 Å². The summed E-state index contributed by atoms with van der Waals surface area (Å²) in [6.07, 6.45) is 2.78. The lowest BCUT2D eigenvalue weighted by molar-refractivity contribution is 0.0582. The van der Waals surface area contributed by atoms with Crippen molar-refractivity contribution in [3.05, 3.63) is 94.9 Å². The van der Waals surface area contributed by atoms with E-state index in [1.165, 1.54) is 10.5 Å². The second-order valence-corrected chi connectivity index (χ2v) is 10.1. The molecule has 3 heterocycles. The average Bonchev–Trinajstić information content (AvgIpc) is 3.47. The summed E-state index contributed by atoms with van der Waals surface area (Å²) in [6, 6.07) is 19.0. The van der Waals surface area contributed by atoms with Crippen LogP contribution in [0.4, 0.5) is 0 Å². The molecule has 7 heteroatoms. The second-order valence-electron chi connectivity index (χ2n) is 8.82. The number of carbonyl (C=O) groups excluding carboxylic acids is 2. The van der Waals surface area contributed by atoms with Gasteiger partial charge in [-0.3, -0.25) is 18.9 Å². The molecule has 2 aromatic carbocycles. The van der Waals surface area contributed by atoms with Crippen LogP contribution in [0.3, 0.4) is 0 Å². The fourth-order valence-electron chi connectivity index (χ4n) is 4.93. The lowest BCUT2D eigenvalue weighted by Crippen LogP contribution is -2.33. The lowest BCUT2D eigenvalue weighted by atomic mass is 10.1. The predicted molar refractivity (Wildman–Crippen MR) is 126 cm³/mol. The van der Waals surface area contributed by atoms with Gasteiger partial charge in [0.2, 0.25) is 0 Å². The van der Waals surface area contributed by atoms with Crippen molar-refractivity contribution in [3.63, 3.8) is 0 Å². The van der Waals surface area contributed by atoms with Gasteiger partial charge in [0.25, 0.3) is 11.8 Å². The number of hydrogen-bond donors (Lipinski definition) is 0. The third-order valence-corrected chi connectivity index (χ3v) is 7.72. The lowest BCUT2D eigenvalue weighted by Gasteiger charge is -2.23. The Morgan fingerprint density at radius 2 is 1.55 bits per heavy atom. The standard InChI is InChI=1S/C26H22N4O2S/c1-15(2)24-28-27-23-12-11-16(14-29(23)24)33-22-13-21(17-7-3-4-8-18(17)22)30-25(31)19-9-5-6-10-20(19)26(30)32/h3-12,14-15,21-22H,13H2,1-2H3. The van der Waals surface area contributed by atoms with Crippen molar-refractivity contribution in [2.75, 3.05) is 0 Å². The van der Waals surface area contributed by atoms with Crippen LogP contribution in [0.1, 0.15) is 75.1 Å².